The molecule has 11 heteroatoms. The van der Waals surface area contributed by atoms with Crippen molar-refractivity contribution in [2.75, 3.05) is 17.1 Å². The molecule has 192 valence electrons. The third-order valence-corrected chi connectivity index (χ3v) is 7.13. The third kappa shape index (κ3) is 8.37. The molecule has 0 aromatic heterocycles. The summed E-state index contributed by atoms with van der Waals surface area (Å²) in [6, 6.07) is 9.58. The topological polar surface area (TPSA) is 86.8 Å². The Labute approximate surface area is 216 Å². The Kier molecular flexibility index (Phi) is 10.4. The molecule has 0 saturated heterocycles. The van der Waals surface area contributed by atoms with Gasteiger partial charge in [-0.15, -0.1) is 0 Å². The predicted octanol–water partition coefficient (Wildman–Crippen LogP) is 4.62. The summed E-state index contributed by atoms with van der Waals surface area (Å²) in [4.78, 5) is 27.3. The number of carbonyl (C=O) groups is 2. The number of nitrogens with one attached hydrogen (secondary N) is 1. The molecule has 0 aliphatic heterocycles. The van der Waals surface area contributed by atoms with Gasteiger partial charge in [0.1, 0.15) is 11.9 Å². The minimum atomic E-state index is -3.78. The van der Waals surface area contributed by atoms with Crippen LogP contribution in [0.25, 0.3) is 0 Å². The fourth-order valence-corrected chi connectivity index (χ4v) is 4.75. The van der Waals surface area contributed by atoms with E-state index < -0.39 is 21.9 Å². The van der Waals surface area contributed by atoms with Crippen LogP contribution in [0.3, 0.4) is 0 Å². The van der Waals surface area contributed by atoms with Crippen LogP contribution in [0.15, 0.2) is 42.5 Å². The van der Waals surface area contributed by atoms with E-state index in [-0.39, 0.29) is 49.5 Å². The largest absolute Gasteiger partial charge is 0.352 e. The summed E-state index contributed by atoms with van der Waals surface area (Å²) in [5.74, 6) is -1.36. The highest BCUT2D eigenvalue weighted by Gasteiger charge is 2.27. The minimum Gasteiger partial charge on any atom is -0.352 e. The molecule has 2 aromatic carbocycles. The van der Waals surface area contributed by atoms with Gasteiger partial charge in [-0.05, 0) is 57.0 Å². The Balaban J connectivity index is 2.20. The molecule has 2 amide bonds. The van der Waals surface area contributed by atoms with E-state index in [9.17, 15) is 22.4 Å². The lowest BCUT2D eigenvalue weighted by molar-refractivity contribution is -0.140. The number of halogens is 3. The van der Waals surface area contributed by atoms with Crippen molar-refractivity contribution in [2.45, 2.75) is 52.2 Å². The van der Waals surface area contributed by atoms with Crippen LogP contribution >= 0.6 is 23.2 Å². The fourth-order valence-electron chi connectivity index (χ4n) is 3.46. The Morgan fingerprint density at radius 1 is 1.06 bits per heavy atom. The van der Waals surface area contributed by atoms with Gasteiger partial charge in [-0.2, -0.15) is 0 Å². The van der Waals surface area contributed by atoms with Crippen LogP contribution in [0.5, 0.6) is 0 Å². The van der Waals surface area contributed by atoms with Gasteiger partial charge in [0.25, 0.3) is 0 Å². The van der Waals surface area contributed by atoms with Crippen LogP contribution in [-0.4, -0.2) is 50.0 Å². The van der Waals surface area contributed by atoms with E-state index in [1.54, 1.807) is 25.1 Å². The number of anilines is 1. The first-order valence-corrected chi connectivity index (χ1v) is 13.7. The van der Waals surface area contributed by atoms with Crippen LogP contribution in [0.4, 0.5) is 10.1 Å². The molecule has 1 atom stereocenters. The summed E-state index contributed by atoms with van der Waals surface area (Å²) in [6.45, 7) is 5.26. The van der Waals surface area contributed by atoms with Crippen molar-refractivity contribution in [3.05, 3.63) is 63.9 Å². The van der Waals surface area contributed by atoms with E-state index in [2.05, 4.69) is 5.32 Å². The van der Waals surface area contributed by atoms with Gasteiger partial charge < -0.3 is 10.2 Å². The number of nitrogens with zero attached hydrogens (tertiary/aromatic N) is 2. The molecule has 2 rings (SSSR count). The highest BCUT2D eigenvalue weighted by atomic mass is 35.5. The number of benzene rings is 2. The summed E-state index contributed by atoms with van der Waals surface area (Å²) in [5, 5.41) is 3.49. The maximum atomic E-state index is 14.2. The molecule has 0 spiro atoms. The van der Waals surface area contributed by atoms with Crippen molar-refractivity contribution in [3.8, 4) is 0 Å². The van der Waals surface area contributed by atoms with Crippen LogP contribution in [0.2, 0.25) is 10.0 Å². The predicted molar refractivity (Wildman–Crippen MR) is 138 cm³/mol. The lowest BCUT2D eigenvalue weighted by Gasteiger charge is -2.30. The number of amides is 2. The lowest BCUT2D eigenvalue weighted by Crippen LogP contribution is -2.49. The number of rotatable bonds is 11. The molecule has 0 aliphatic rings. The second-order valence-electron chi connectivity index (χ2n) is 8.50. The maximum absolute atomic E-state index is 14.2. The summed E-state index contributed by atoms with van der Waals surface area (Å²) in [6.07, 6.45) is 1.05. The monoisotopic (exact) mass is 545 g/mol. The normalized spacial score (nSPS) is 12.3. The first-order valence-electron chi connectivity index (χ1n) is 11.1. The van der Waals surface area contributed by atoms with Crippen LogP contribution in [-0.2, 0) is 26.2 Å². The second kappa shape index (κ2) is 12.6. The summed E-state index contributed by atoms with van der Waals surface area (Å²) in [5.41, 5.74) is 0.598. The van der Waals surface area contributed by atoms with Crippen molar-refractivity contribution in [1.82, 2.24) is 10.2 Å². The standard InChI is InChI=1S/C24H30Cl2FN3O4S/c1-16(2)28-24(32)17(3)29(15-18-11-12-19(25)20(26)14-18)23(31)10-7-13-30(35(4,33)34)22-9-6-5-8-21(22)27/h5-6,8-9,11-12,14,16-17H,7,10,13,15H2,1-4H3,(H,28,32)/t17-/m0/s1. The summed E-state index contributed by atoms with van der Waals surface area (Å²) < 4.78 is 39.7. The highest BCUT2D eigenvalue weighted by Crippen LogP contribution is 2.25. The molecule has 0 aliphatic carbocycles. The molecule has 0 radical (unpaired) electrons. The minimum absolute atomic E-state index is 0.0545. The zero-order valence-electron chi connectivity index (χ0n) is 20.1. The summed E-state index contributed by atoms with van der Waals surface area (Å²) in [7, 11) is -3.78. The van der Waals surface area contributed by atoms with Gasteiger partial charge in [0.05, 0.1) is 22.0 Å². The number of para-hydroxylation sites is 1. The Hall–Kier alpha value is -2.36. The number of hydrogen-bond donors (Lipinski definition) is 1. The van der Waals surface area contributed by atoms with Crippen molar-refractivity contribution in [3.63, 3.8) is 0 Å². The molecular formula is C24H30Cl2FN3O4S. The molecule has 2 aromatic rings. The molecule has 0 heterocycles. The Bertz CT molecular complexity index is 1160. The molecule has 0 saturated carbocycles. The average Bonchev–Trinajstić information content (AvgIpc) is 2.76. The van der Waals surface area contributed by atoms with E-state index in [0.29, 0.717) is 15.6 Å². The van der Waals surface area contributed by atoms with Gasteiger partial charge in [-0.1, -0.05) is 41.4 Å². The highest BCUT2D eigenvalue weighted by molar-refractivity contribution is 7.92. The molecule has 0 unspecified atom stereocenters. The molecule has 0 fully saturated rings. The third-order valence-electron chi connectivity index (χ3n) is 5.21. The van der Waals surface area contributed by atoms with E-state index in [1.807, 2.05) is 13.8 Å². The number of hydrogen-bond acceptors (Lipinski definition) is 4. The van der Waals surface area contributed by atoms with Crippen molar-refractivity contribution >= 4 is 50.7 Å². The molecule has 35 heavy (non-hydrogen) atoms. The average molecular weight is 546 g/mol. The quantitative estimate of drug-likeness (QED) is 0.446. The molecular weight excluding hydrogens is 516 g/mol. The first-order chi connectivity index (χ1) is 16.3. The van der Waals surface area contributed by atoms with Gasteiger partial charge in [0.2, 0.25) is 21.8 Å². The van der Waals surface area contributed by atoms with Crippen molar-refractivity contribution in [1.29, 1.82) is 0 Å². The van der Waals surface area contributed by atoms with Crippen LogP contribution in [0, 0.1) is 5.82 Å². The van der Waals surface area contributed by atoms with Crippen LogP contribution < -0.4 is 9.62 Å². The second-order valence-corrected chi connectivity index (χ2v) is 11.2. The maximum Gasteiger partial charge on any atom is 0.242 e. The summed E-state index contributed by atoms with van der Waals surface area (Å²) >= 11 is 12.1. The van der Waals surface area contributed by atoms with Gasteiger partial charge in [-0.25, -0.2) is 12.8 Å². The smallest absolute Gasteiger partial charge is 0.242 e. The number of carbonyl (C=O) groups excluding carboxylic acids is 2. The number of sulfonamides is 1. The Morgan fingerprint density at radius 2 is 1.71 bits per heavy atom. The molecule has 0 bridgehead atoms. The zero-order valence-corrected chi connectivity index (χ0v) is 22.4. The van der Waals surface area contributed by atoms with E-state index in [1.165, 1.54) is 29.2 Å². The SMILES string of the molecule is CC(C)NC(=O)[C@H](C)N(Cc1ccc(Cl)c(Cl)c1)C(=O)CCCN(c1ccccc1F)S(C)(=O)=O. The van der Waals surface area contributed by atoms with E-state index >= 15 is 0 Å². The van der Waals surface area contributed by atoms with Gasteiger partial charge >= 0.3 is 0 Å². The zero-order chi connectivity index (χ0) is 26.3. The van der Waals surface area contributed by atoms with Crippen molar-refractivity contribution < 1.29 is 22.4 Å². The first kappa shape index (κ1) is 28.9. The fraction of sp³-hybridized carbons (Fsp3) is 0.417. The lowest BCUT2D eigenvalue weighted by atomic mass is 10.1. The molecule has 1 N–H and O–H groups in total. The van der Waals surface area contributed by atoms with Crippen LogP contribution in [0.1, 0.15) is 39.2 Å². The Morgan fingerprint density at radius 3 is 2.29 bits per heavy atom. The van der Waals surface area contributed by atoms with Crippen molar-refractivity contribution in [2.24, 2.45) is 0 Å². The van der Waals surface area contributed by atoms with E-state index in [0.717, 1.165) is 10.6 Å². The molecule has 7 nitrogen and oxygen atoms in total. The van der Waals surface area contributed by atoms with Gasteiger partial charge in [-0.3, -0.25) is 13.9 Å². The van der Waals surface area contributed by atoms with Gasteiger partial charge in [0.15, 0.2) is 0 Å². The van der Waals surface area contributed by atoms with E-state index in [4.69, 9.17) is 23.2 Å². The van der Waals surface area contributed by atoms with Gasteiger partial charge in [0, 0.05) is 25.6 Å².